The van der Waals surface area contributed by atoms with Crippen molar-refractivity contribution in [3.8, 4) is 0 Å². The number of nitrogen functional groups attached to an aromatic ring is 2. The molecule has 4 heterocycles. The van der Waals surface area contributed by atoms with Crippen LogP contribution >= 0.6 is 63.7 Å². The SMILES string of the molecule is Nc1ncc([C@H]2c3nc(N)[nH]c3C[C@@H](CNC(=O)c3cc(Br)c(Br)[nH]3)[C@@H]2CNC(=O)c2cc(Br)c(Br)[nH]2)[nH]1. The number of imidazole rings is 2. The van der Waals surface area contributed by atoms with Gasteiger partial charge in [0.15, 0.2) is 11.9 Å². The number of fused-ring (bicyclic) bond motifs is 1. The Morgan fingerprint density at radius 2 is 1.50 bits per heavy atom. The van der Waals surface area contributed by atoms with Crippen molar-refractivity contribution in [1.82, 2.24) is 40.5 Å². The minimum Gasteiger partial charge on any atom is -0.369 e. The standard InChI is InChI=1S/C22H22Br4N10O2/c23-9-2-12(32-17(9)25)19(37)29-4-7-1-11-16(36-22(28)34-11)15(14-6-31-21(27)35-14)8(7)5-30-20(38)13-3-10(24)18(26)33-13/h2-3,6-8,15,32-33H,1,4-5H2,(H,29,37)(H,30,38)(H3,27,31,35)(H3,28,34,36)/t7-,8-,15-/m0/s1. The van der Waals surface area contributed by atoms with Gasteiger partial charge in [0.25, 0.3) is 11.8 Å². The molecule has 16 heteroatoms. The maximum atomic E-state index is 13.0. The number of rotatable bonds is 7. The molecule has 2 amide bonds. The number of aromatic nitrogens is 6. The molecule has 0 unspecified atom stereocenters. The Labute approximate surface area is 249 Å². The molecule has 0 radical (unpaired) electrons. The molecule has 200 valence electrons. The van der Waals surface area contributed by atoms with Gasteiger partial charge in [-0.2, -0.15) is 0 Å². The summed E-state index contributed by atoms with van der Waals surface area (Å²) in [6.07, 6.45) is 2.23. The molecular weight excluding hydrogens is 756 g/mol. The maximum Gasteiger partial charge on any atom is 0.267 e. The first-order chi connectivity index (χ1) is 18.1. The van der Waals surface area contributed by atoms with Crippen LogP contribution < -0.4 is 22.1 Å². The lowest BCUT2D eigenvalue weighted by atomic mass is 9.71. The molecule has 0 saturated carbocycles. The fourth-order valence-electron chi connectivity index (χ4n) is 4.82. The molecule has 0 bridgehead atoms. The van der Waals surface area contributed by atoms with E-state index in [2.05, 4.69) is 104 Å². The summed E-state index contributed by atoms with van der Waals surface area (Å²) in [6.45, 7) is 0.634. The van der Waals surface area contributed by atoms with Gasteiger partial charge in [0.05, 0.1) is 30.0 Å². The van der Waals surface area contributed by atoms with Gasteiger partial charge in [0.1, 0.15) is 11.4 Å². The lowest BCUT2D eigenvalue weighted by Crippen LogP contribution is -2.44. The summed E-state index contributed by atoms with van der Waals surface area (Å²) in [5, 5.41) is 6.06. The number of hydrogen-bond donors (Lipinski definition) is 8. The third kappa shape index (κ3) is 5.44. The van der Waals surface area contributed by atoms with Crippen LogP contribution in [-0.4, -0.2) is 54.8 Å². The highest BCUT2D eigenvalue weighted by atomic mass is 79.9. The second-order valence-electron chi connectivity index (χ2n) is 8.93. The third-order valence-corrected chi connectivity index (χ3v) is 10.1. The van der Waals surface area contributed by atoms with E-state index in [-0.39, 0.29) is 35.5 Å². The number of hydrogen-bond acceptors (Lipinski definition) is 6. The molecule has 0 fully saturated rings. The zero-order chi connectivity index (χ0) is 27.1. The van der Waals surface area contributed by atoms with Crippen LogP contribution in [0, 0.1) is 11.8 Å². The molecular formula is C22H22Br4N10O2. The summed E-state index contributed by atoms with van der Waals surface area (Å²) in [5.41, 5.74) is 15.1. The largest absolute Gasteiger partial charge is 0.369 e. The fraction of sp³-hybridized carbons (Fsp3) is 0.273. The molecule has 4 aromatic heterocycles. The van der Waals surface area contributed by atoms with E-state index in [0.717, 1.165) is 26.0 Å². The number of carbonyl (C=O) groups excluding carboxylic acids is 2. The zero-order valence-electron chi connectivity index (χ0n) is 19.5. The summed E-state index contributed by atoms with van der Waals surface area (Å²) >= 11 is 13.5. The van der Waals surface area contributed by atoms with Crippen LogP contribution in [-0.2, 0) is 6.42 Å². The Morgan fingerprint density at radius 3 is 2.03 bits per heavy atom. The topological polar surface area (TPSA) is 199 Å². The average molecular weight is 778 g/mol. The monoisotopic (exact) mass is 774 g/mol. The predicted octanol–water partition coefficient (Wildman–Crippen LogP) is 3.78. The highest BCUT2D eigenvalue weighted by Crippen LogP contribution is 2.42. The molecule has 0 spiro atoms. The molecule has 10 N–H and O–H groups in total. The summed E-state index contributed by atoms with van der Waals surface area (Å²) in [5.74, 6) is -0.541. The van der Waals surface area contributed by atoms with Gasteiger partial charge in [-0.05, 0) is 94.1 Å². The molecule has 12 nitrogen and oxygen atoms in total. The fourth-order valence-corrected chi connectivity index (χ4v) is 6.13. The van der Waals surface area contributed by atoms with E-state index in [1.807, 2.05) is 0 Å². The van der Waals surface area contributed by atoms with Crippen molar-refractivity contribution in [1.29, 1.82) is 0 Å². The number of nitrogens with zero attached hydrogens (tertiary/aromatic N) is 2. The number of nitrogens with two attached hydrogens (primary N) is 2. The second kappa shape index (κ2) is 10.9. The van der Waals surface area contributed by atoms with Crippen LogP contribution in [0.25, 0.3) is 0 Å². The Hall–Kier alpha value is -2.56. The lowest BCUT2D eigenvalue weighted by molar-refractivity contribution is 0.0906. The quantitative estimate of drug-likeness (QED) is 0.140. The van der Waals surface area contributed by atoms with Crippen LogP contribution in [0.5, 0.6) is 0 Å². The first-order valence-electron chi connectivity index (χ1n) is 11.4. The number of amides is 2. The Morgan fingerprint density at radius 1 is 0.895 bits per heavy atom. The zero-order valence-corrected chi connectivity index (χ0v) is 25.8. The van der Waals surface area contributed by atoms with Crippen molar-refractivity contribution < 1.29 is 9.59 Å². The molecule has 38 heavy (non-hydrogen) atoms. The molecule has 4 aromatic rings. The van der Waals surface area contributed by atoms with Crippen LogP contribution in [0.4, 0.5) is 11.9 Å². The van der Waals surface area contributed by atoms with Gasteiger partial charge in [-0.25, -0.2) is 9.97 Å². The third-order valence-electron chi connectivity index (χ3n) is 6.54. The highest BCUT2D eigenvalue weighted by Gasteiger charge is 2.41. The number of nitrogens with one attached hydrogen (secondary N) is 6. The van der Waals surface area contributed by atoms with E-state index in [1.165, 1.54) is 0 Å². The lowest BCUT2D eigenvalue weighted by Gasteiger charge is -2.37. The molecule has 3 atom stereocenters. The van der Waals surface area contributed by atoms with Crippen molar-refractivity contribution >= 4 is 87.4 Å². The molecule has 5 rings (SSSR count). The summed E-state index contributed by atoms with van der Waals surface area (Å²) in [6, 6.07) is 3.40. The van der Waals surface area contributed by atoms with E-state index in [1.54, 1.807) is 18.3 Å². The first-order valence-corrected chi connectivity index (χ1v) is 14.6. The number of anilines is 2. The molecule has 0 saturated heterocycles. The summed E-state index contributed by atoms with van der Waals surface area (Å²) < 4.78 is 2.84. The number of H-pyrrole nitrogens is 4. The van der Waals surface area contributed by atoms with Crippen LogP contribution in [0.1, 0.15) is 44.0 Å². The van der Waals surface area contributed by atoms with E-state index in [9.17, 15) is 9.59 Å². The highest BCUT2D eigenvalue weighted by molar-refractivity contribution is 9.13. The Bertz CT molecular complexity index is 1470. The Kier molecular flexibility index (Phi) is 7.75. The molecule has 0 aromatic carbocycles. The second-order valence-corrected chi connectivity index (χ2v) is 12.2. The normalized spacial score (nSPS) is 18.8. The summed E-state index contributed by atoms with van der Waals surface area (Å²) in [7, 11) is 0. The minimum absolute atomic E-state index is 0.0925. The van der Waals surface area contributed by atoms with Crippen LogP contribution in [0.2, 0.25) is 0 Å². The first kappa shape index (κ1) is 27.0. The van der Waals surface area contributed by atoms with Crippen molar-refractivity contribution in [3.63, 3.8) is 0 Å². The van der Waals surface area contributed by atoms with E-state index in [0.29, 0.717) is 46.1 Å². The molecule has 1 aliphatic carbocycles. The minimum atomic E-state index is -0.310. The van der Waals surface area contributed by atoms with Crippen LogP contribution in [0.3, 0.4) is 0 Å². The number of halogens is 4. The molecule has 0 aliphatic heterocycles. The van der Waals surface area contributed by atoms with Gasteiger partial charge in [-0.15, -0.1) is 0 Å². The summed E-state index contributed by atoms with van der Waals surface area (Å²) in [4.78, 5) is 46.9. The van der Waals surface area contributed by atoms with Crippen molar-refractivity contribution in [2.24, 2.45) is 11.8 Å². The predicted molar refractivity (Wildman–Crippen MR) is 156 cm³/mol. The van der Waals surface area contributed by atoms with Gasteiger partial charge in [0, 0.05) is 30.4 Å². The van der Waals surface area contributed by atoms with Crippen molar-refractivity contribution in [2.75, 3.05) is 24.6 Å². The van der Waals surface area contributed by atoms with Crippen molar-refractivity contribution in [3.05, 3.63) is 65.0 Å². The maximum absolute atomic E-state index is 13.0. The van der Waals surface area contributed by atoms with Gasteiger partial charge in [0.2, 0.25) is 0 Å². The Balaban J connectivity index is 1.43. The smallest absolute Gasteiger partial charge is 0.267 e. The average Bonchev–Trinajstić information content (AvgIpc) is 3.63. The van der Waals surface area contributed by atoms with E-state index in [4.69, 9.17) is 11.5 Å². The molecule has 1 aliphatic rings. The van der Waals surface area contributed by atoms with E-state index < -0.39 is 0 Å². The van der Waals surface area contributed by atoms with Gasteiger partial charge in [-0.3, -0.25) is 9.59 Å². The number of carbonyl (C=O) groups is 2. The van der Waals surface area contributed by atoms with E-state index >= 15 is 0 Å². The van der Waals surface area contributed by atoms with Gasteiger partial charge < -0.3 is 42.0 Å². The van der Waals surface area contributed by atoms with Gasteiger partial charge >= 0.3 is 0 Å². The van der Waals surface area contributed by atoms with Crippen molar-refractivity contribution in [2.45, 2.75) is 12.3 Å². The number of aromatic amines is 4. The van der Waals surface area contributed by atoms with Crippen LogP contribution in [0.15, 0.2) is 36.5 Å². The van der Waals surface area contributed by atoms with Gasteiger partial charge in [-0.1, -0.05) is 0 Å².